The molecule has 2 fully saturated rings. The molecule has 2 bridgehead atoms. The highest BCUT2D eigenvalue weighted by Gasteiger charge is 2.58. The number of thiol groups is 6. The molecule has 2 aliphatic rings. The van der Waals surface area contributed by atoms with Gasteiger partial charge in [0.05, 0.1) is 17.8 Å². The van der Waals surface area contributed by atoms with Gasteiger partial charge in [-0.2, -0.15) is 0 Å². The molecule has 9 nitrogen and oxygen atoms in total. The van der Waals surface area contributed by atoms with Gasteiger partial charge in [0, 0.05) is 11.0 Å². The molecule has 1 aromatic carbocycles. The Morgan fingerprint density at radius 3 is 2.37 bits per heavy atom. The number of rotatable bonds is 6. The van der Waals surface area contributed by atoms with Crippen LogP contribution in [0.5, 0.6) is 5.75 Å². The molecule has 0 saturated heterocycles. The molecule has 1 N–H and O–H groups in total. The van der Waals surface area contributed by atoms with Crippen LogP contribution in [0.1, 0.15) is 39.5 Å². The summed E-state index contributed by atoms with van der Waals surface area (Å²) in [6.45, 7) is 4.21. The summed E-state index contributed by atoms with van der Waals surface area (Å²) in [4.78, 5) is 7.17. The Hall–Kier alpha value is -1.07. The molecule has 2 saturated carbocycles. The van der Waals surface area contributed by atoms with E-state index >= 15 is 4.39 Å². The minimum Gasteiger partial charge on any atom is -0.507 e. The summed E-state index contributed by atoms with van der Waals surface area (Å²) in [5, 5.41) is 31.3. The van der Waals surface area contributed by atoms with Gasteiger partial charge in [-0.05, 0) is 48.4 Å². The average Bonchev–Trinajstić information content (AvgIpc) is 3.41. The van der Waals surface area contributed by atoms with Gasteiger partial charge in [-0.1, -0.05) is 19.9 Å². The number of benzene rings is 1. The number of phenolic OH excluding ortho intramolecular Hbond substituents is 1. The number of aromatic nitrogens is 7. The maximum Gasteiger partial charge on any atom is 0.213 e. The third-order valence-corrected chi connectivity index (χ3v) is 8.65. The molecule has 38 heavy (non-hydrogen) atoms. The molecule has 0 unspecified atom stereocenters. The van der Waals surface area contributed by atoms with Gasteiger partial charge in [0.2, 0.25) is 9.36 Å². The first kappa shape index (κ1) is 28.5. The van der Waals surface area contributed by atoms with Gasteiger partial charge >= 0.3 is 0 Å². The molecule has 2 aromatic heterocycles. The first-order chi connectivity index (χ1) is 17.6. The lowest BCUT2D eigenvalue weighted by molar-refractivity contribution is 0.0366. The number of halogens is 1. The number of hydrogen-bond acceptors (Lipinski definition) is 14. The number of alkyl halides is 1. The van der Waals surface area contributed by atoms with Crippen molar-refractivity contribution >= 4 is 81.6 Å². The summed E-state index contributed by atoms with van der Waals surface area (Å²) >= 11 is 26.1. The largest absolute Gasteiger partial charge is 0.507 e. The molecule has 5 rings (SSSR count). The topological polar surface area (TPSA) is 106 Å². The average molecular weight is 631 g/mol. The van der Waals surface area contributed by atoms with Gasteiger partial charge in [0.1, 0.15) is 11.9 Å². The second-order valence-electron chi connectivity index (χ2n) is 10.7. The van der Waals surface area contributed by atoms with Gasteiger partial charge in [0.15, 0.2) is 15.2 Å². The molecular weight excluding hydrogens is 604 g/mol. The van der Waals surface area contributed by atoms with E-state index in [0.717, 1.165) is 24.1 Å². The Morgan fingerprint density at radius 1 is 1.05 bits per heavy atom. The standard InChI is InChI=1S/C22H27FN8OS6/c1-19-5-6-20(2,10-19)16(23)13(8-19)30(21(33,34)35)15-9-24-18(26-25-15)12-4-3-11(7-14(12)32)17-27-29-31(28-17)22(36,37)38/h3-4,7,9,13,16,32-38H,5-6,8,10H2,1-2H3/t13-,16-,19-,20-/m0/s1. The van der Waals surface area contributed by atoms with Crippen LogP contribution < -0.4 is 4.90 Å². The van der Waals surface area contributed by atoms with Gasteiger partial charge in [-0.3, -0.25) is 0 Å². The smallest absolute Gasteiger partial charge is 0.213 e. The molecule has 0 aliphatic heterocycles. The minimum absolute atomic E-state index is 0.0173. The van der Waals surface area contributed by atoms with Crippen LogP contribution in [0.25, 0.3) is 22.8 Å². The van der Waals surface area contributed by atoms with E-state index in [9.17, 15) is 5.11 Å². The number of anilines is 1. The van der Waals surface area contributed by atoms with Crippen molar-refractivity contribution in [1.82, 2.24) is 35.4 Å². The Bertz CT molecular complexity index is 1350. The van der Waals surface area contributed by atoms with Crippen LogP contribution >= 0.6 is 75.8 Å². The fourth-order valence-corrected chi connectivity index (χ4v) is 6.82. The summed E-state index contributed by atoms with van der Waals surface area (Å²) in [5.41, 5.74) is 0.426. The van der Waals surface area contributed by atoms with Gasteiger partial charge in [-0.15, -0.1) is 101 Å². The van der Waals surface area contributed by atoms with Gasteiger partial charge in [0.25, 0.3) is 0 Å². The van der Waals surface area contributed by atoms with Crippen LogP contribution in [-0.4, -0.2) is 56.2 Å². The highest BCUT2D eigenvalue weighted by Crippen LogP contribution is 2.61. The monoisotopic (exact) mass is 630 g/mol. The predicted octanol–water partition coefficient (Wildman–Crippen LogP) is 4.77. The molecule has 2 heterocycles. The fourth-order valence-electron chi connectivity index (χ4n) is 5.81. The Kier molecular flexibility index (Phi) is 7.33. The second-order valence-corrected chi connectivity index (χ2v) is 16.7. The van der Waals surface area contributed by atoms with Crippen molar-refractivity contribution in [2.24, 2.45) is 10.8 Å². The van der Waals surface area contributed by atoms with E-state index in [1.165, 1.54) is 12.3 Å². The molecular formula is C22H27FN8OS6. The maximum absolute atomic E-state index is 15.9. The normalized spacial score (nSPS) is 27.5. The molecule has 0 amide bonds. The molecule has 3 aromatic rings. The van der Waals surface area contributed by atoms with E-state index in [1.54, 1.807) is 17.0 Å². The van der Waals surface area contributed by atoms with Crippen molar-refractivity contribution in [2.75, 3.05) is 4.90 Å². The van der Waals surface area contributed by atoms with Crippen LogP contribution in [0.4, 0.5) is 10.2 Å². The van der Waals surface area contributed by atoms with Crippen LogP contribution in [0.15, 0.2) is 24.4 Å². The Labute approximate surface area is 252 Å². The number of phenols is 1. The lowest BCUT2D eigenvalue weighted by Crippen LogP contribution is -2.57. The van der Waals surface area contributed by atoms with Gasteiger partial charge in [-0.25, -0.2) is 9.37 Å². The van der Waals surface area contributed by atoms with Crippen molar-refractivity contribution in [2.45, 2.75) is 58.8 Å². The number of fused-ring (bicyclic) bond motifs is 2. The first-order valence-corrected chi connectivity index (χ1v) is 14.4. The Morgan fingerprint density at radius 2 is 1.79 bits per heavy atom. The van der Waals surface area contributed by atoms with Crippen molar-refractivity contribution in [3.05, 3.63) is 24.4 Å². The fraction of sp³-hybridized carbons (Fsp3) is 0.545. The van der Waals surface area contributed by atoms with Crippen molar-refractivity contribution in [1.29, 1.82) is 0 Å². The molecule has 0 spiro atoms. The van der Waals surface area contributed by atoms with Crippen LogP contribution in [-0.2, 0) is 3.54 Å². The quantitative estimate of drug-likeness (QED) is 0.154. The molecule has 204 valence electrons. The summed E-state index contributed by atoms with van der Waals surface area (Å²) in [7, 11) is 0. The van der Waals surface area contributed by atoms with E-state index < -0.39 is 24.7 Å². The number of nitrogens with zero attached hydrogens (tertiary/aromatic N) is 8. The second kappa shape index (κ2) is 9.79. The van der Waals surface area contributed by atoms with Crippen LogP contribution in [0.2, 0.25) is 0 Å². The lowest BCUT2D eigenvalue weighted by atomic mass is 9.67. The number of hydrogen-bond donors (Lipinski definition) is 7. The summed E-state index contributed by atoms with van der Waals surface area (Å²) in [5.74, 6) is 0.604. The van der Waals surface area contributed by atoms with E-state index in [2.05, 4.69) is 113 Å². The molecule has 4 atom stereocenters. The van der Waals surface area contributed by atoms with Crippen LogP contribution in [0, 0.1) is 10.8 Å². The summed E-state index contributed by atoms with van der Waals surface area (Å²) in [6, 6.07) is 4.22. The van der Waals surface area contributed by atoms with Crippen molar-refractivity contribution < 1.29 is 9.50 Å². The van der Waals surface area contributed by atoms with E-state index in [4.69, 9.17) is 0 Å². The maximum atomic E-state index is 15.9. The molecule has 0 radical (unpaired) electrons. The number of tetrazole rings is 1. The highest BCUT2D eigenvalue weighted by atomic mass is 32.2. The van der Waals surface area contributed by atoms with Crippen LogP contribution in [0.3, 0.4) is 0 Å². The zero-order valence-electron chi connectivity index (χ0n) is 20.4. The SMILES string of the molecule is C[C@@]12CC[C@@](C)(C1)[C@@H](F)[C@@H](N(c1cnc(-c3ccc(-c4nnn(C(S)(S)S)n4)cc3O)nn1)C(S)(S)S)C2. The summed E-state index contributed by atoms with van der Waals surface area (Å²) < 4.78 is 13.4. The first-order valence-electron chi connectivity index (χ1n) is 11.7. The molecule has 16 heteroatoms. The Balaban J connectivity index is 1.43. The zero-order valence-corrected chi connectivity index (χ0v) is 25.7. The zero-order chi connectivity index (χ0) is 27.7. The van der Waals surface area contributed by atoms with Crippen molar-refractivity contribution in [3.8, 4) is 28.5 Å². The minimum atomic E-state index is -1.31. The van der Waals surface area contributed by atoms with Gasteiger partial charge < -0.3 is 10.0 Å². The third kappa shape index (κ3) is 5.32. The van der Waals surface area contributed by atoms with E-state index in [-0.39, 0.29) is 22.8 Å². The van der Waals surface area contributed by atoms with Crippen molar-refractivity contribution in [3.63, 3.8) is 0 Å². The predicted molar refractivity (Wildman–Crippen MR) is 164 cm³/mol. The number of aromatic hydroxyl groups is 1. The van der Waals surface area contributed by atoms with E-state index in [1.807, 2.05) is 6.92 Å². The third-order valence-electron chi connectivity index (χ3n) is 7.47. The summed E-state index contributed by atoms with van der Waals surface area (Å²) in [6.07, 6.45) is 3.61. The van der Waals surface area contributed by atoms with E-state index in [0.29, 0.717) is 23.4 Å². The lowest BCUT2D eigenvalue weighted by Gasteiger charge is -2.50. The molecule has 2 aliphatic carbocycles. The highest BCUT2D eigenvalue weighted by molar-refractivity contribution is 8.17.